The topological polar surface area (TPSA) is 38.8 Å². The number of benzene rings is 1. The number of hydrogen-bond acceptors (Lipinski definition) is 3. The largest absolute Gasteiger partial charge is 0.347 e. The van der Waals surface area contributed by atoms with Crippen LogP contribution in [-0.2, 0) is 9.47 Å². The molecule has 0 bridgehead atoms. The van der Waals surface area contributed by atoms with Gasteiger partial charge in [0.25, 0.3) is 0 Å². The third kappa shape index (κ3) is 2.11. The van der Waals surface area contributed by atoms with Gasteiger partial charge in [-0.2, -0.15) is 0 Å². The second-order valence-corrected chi connectivity index (χ2v) is 4.41. The van der Waals surface area contributed by atoms with Gasteiger partial charge < -0.3 is 9.47 Å². The molecule has 1 heterocycles. The summed E-state index contributed by atoms with van der Waals surface area (Å²) >= 11 is 0. The number of hydrogen-bond donors (Lipinski definition) is 0. The van der Waals surface area contributed by atoms with Crippen LogP contribution in [0.3, 0.4) is 0 Å². The van der Waals surface area contributed by atoms with E-state index in [9.17, 15) is 4.79 Å². The zero-order valence-corrected chi connectivity index (χ0v) is 10.8. The molecule has 0 spiro atoms. The smallest absolute Gasteiger partial charge is 0.209 e. The molecule has 1 aliphatic rings. The maximum atomic E-state index is 12.3. The molecule has 1 aromatic rings. The van der Waals surface area contributed by atoms with E-state index in [1.165, 1.54) is 0 Å². The lowest BCUT2D eigenvalue weighted by molar-refractivity contribution is -0.0613. The van der Waals surface area contributed by atoms with Crippen molar-refractivity contribution in [1.82, 2.24) is 0 Å². The maximum absolute atomic E-state index is 12.3. The summed E-state index contributed by atoms with van der Waals surface area (Å²) < 4.78 is 11.2. The van der Waals surface area contributed by atoms with Crippen molar-refractivity contribution in [3.8, 4) is 0 Å². The minimum absolute atomic E-state index is 0.0184. The van der Waals surface area contributed by atoms with Crippen LogP contribution >= 0.6 is 0 Å². The second kappa shape index (κ2) is 5.04. The molecule has 96 valence electrons. The van der Waals surface area contributed by atoms with Crippen LogP contribution in [0, 0.1) is 5.92 Å². The standard InChI is InChI=1S/C15H18O3/c1-4-11(3)15(17-5-2)14(18-15)13(16)12-9-7-6-8-10-12/h4,6-11,14H,1,5H2,2-3H3. The number of carbonyl (C=O) groups is 1. The Labute approximate surface area is 107 Å². The van der Waals surface area contributed by atoms with Crippen LogP contribution in [0.15, 0.2) is 43.0 Å². The Morgan fingerprint density at radius 1 is 1.56 bits per heavy atom. The Hall–Kier alpha value is -1.45. The minimum atomic E-state index is -0.816. The molecule has 18 heavy (non-hydrogen) atoms. The molecule has 1 aromatic carbocycles. The van der Waals surface area contributed by atoms with E-state index in [1.54, 1.807) is 18.2 Å². The lowest BCUT2D eigenvalue weighted by Crippen LogP contribution is -2.30. The number of ketones is 1. The van der Waals surface area contributed by atoms with Crippen LogP contribution in [0.4, 0.5) is 0 Å². The van der Waals surface area contributed by atoms with Crippen LogP contribution in [0.25, 0.3) is 0 Å². The molecule has 1 aliphatic heterocycles. The van der Waals surface area contributed by atoms with E-state index in [2.05, 4.69) is 6.58 Å². The van der Waals surface area contributed by atoms with Gasteiger partial charge in [0, 0.05) is 18.1 Å². The first-order valence-electron chi connectivity index (χ1n) is 6.19. The predicted octanol–water partition coefficient (Wildman–Crippen LogP) is 2.82. The van der Waals surface area contributed by atoms with Gasteiger partial charge in [-0.1, -0.05) is 43.3 Å². The van der Waals surface area contributed by atoms with Gasteiger partial charge >= 0.3 is 0 Å². The quantitative estimate of drug-likeness (QED) is 0.440. The van der Waals surface area contributed by atoms with Crippen molar-refractivity contribution in [2.24, 2.45) is 5.92 Å². The second-order valence-electron chi connectivity index (χ2n) is 4.41. The van der Waals surface area contributed by atoms with E-state index in [0.717, 1.165) is 0 Å². The van der Waals surface area contributed by atoms with Gasteiger partial charge in [0.2, 0.25) is 5.79 Å². The van der Waals surface area contributed by atoms with Crippen molar-refractivity contribution in [3.05, 3.63) is 48.6 Å². The highest BCUT2D eigenvalue weighted by Gasteiger charge is 2.64. The number of Topliss-reactive ketones (excluding diaryl/α,β-unsaturated/α-hetero) is 1. The average Bonchev–Trinajstić information content (AvgIpc) is 3.14. The predicted molar refractivity (Wildman–Crippen MR) is 69.4 cm³/mol. The Kier molecular flexibility index (Phi) is 3.64. The van der Waals surface area contributed by atoms with E-state index in [4.69, 9.17) is 9.47 Å². The van der Waals surface area contributed by atoms with Gasteiger partial charge in [0.15, 0.2) is 11.9 Å². The molecule has 0 radical (unpaired) electrons. The summed E-state index contributed by atoms with van der Waals surface area (Å²) in [6.07, 6.45) is 1.24. The fourth-order valence-corrected chi connectivity index (χ4v) is 2.12. The molecule has 0 aromatic heterocycles. The Bertz CT molecular complexity index is 440. The van der Waals surface area contributed by atoms with E-state index >= 15 is 0 Å². The first kappa shape index (κ1) is 13.0. The molecular weight excluding hydrogens is 228 g/mol. The van der Waals surface area contributed by atoms with E-state index in [0.29, 0.717) is 12.2 Å². The average molecular weight is 246 g/mol. The lowest BCUT2D eigenvalue weighted by atomic mass is 9.97. The summed E-state index contributed by atoms with van der Waals surface area (Å²) in [7, 11) is 0. The molecule has 0 amide bonds. The van der Waals surface area contributed by atoms with Crippen molar-refractivity contribution in [3.63, 3.8) is 0 Å². The van der Waals surface area contributed by atoms with Crippen molar-refractivity contribution >= 4 is 5.78 Å². The third-order valence-corrected chi connectivity index (χ3v) is 3.26. The Morgan fingerprint density at radius 3 is 2.78 bits per heavy atom. The summed E-state index contributed by atoms with van der Waals surface area (Å²) in [5.74, 6) is -0.864. The normalized spacial score (nSPS) is 27.6. The SMILES string of the molecule is C=CC(C)C1(OCC)OC1C(=O)c1ccccc1. The highest BCUT2D eigenvalue weighted by molar-refractivity contribution is 6.01. The van der Waals surface area contributed by atoms with E-state index < -0.39 is 11.9 Å². The monoisotopic (exact) mass is 246 g/mol. The zero-order valence-electron chi connectivity index (χ0n) is 10.8. The number of ether oxygens (including phenoxy) is 2. The van der Waals surface area contributed by atoms with Gasteiger partial charge in [0.05, 0.1) is 0 Å². The molecular formula is C15H18O3. The van der Waals surface area contributed by atoms with Gasteiger partial charge in [-0.15, -0.1) is 6.58 Å². The zero-order chi connectivity index (χ0) is 13.2. The number of carbonyl (C=O) groups excluding carboxylic acids is 1. The lowest BCUT2D eigenvalue weighted by Gasteiger charge is -2.17. The van der Waals surface area contributed by atoms with Crippen LogP contribution in [0.2, 0.25) is 0 Å². The van der Waals surface area contributed by atoms with Crippen LogP contribution in [0.1, 0.15) is 24.2 Å². The summed E-state index contributed by atoms with van der Waals surface area (Å²) in [6, 6.07) is 9.15. The molecule has 0 aliphatic carbocycles. The molecule has 1 saturated heterocycles. The molecule has 3 nitrogen and oxygen atoms in total. The van der Waals surface area contributed by atoms with Crippen molar-refractivity contribution in [2.45, 2.75) is 25.7 Å². The van der Waals surface area contributed by atoms with E-state index in [1.807, 2.05) is 32.0 Å². The molecule has 0 N–H and O–H groups in total. The molecule has 3 heteroatoms. The highest BCUT2D eigenvalue weighted by atomic mass is 16.8. The summed E-state index contributed by atoms with van der Waals surface area (Å²) in [5.41, 5.74) is 0.653. The van der Waals surface area contributed by atoms with Crippen molar-refractivity contribution < 1.29 is 14.3 Å². The first-order valence-corrected chi connectivity index (χ1v) is 6.19. The summed E-state index contributed by atoms with van der Waals surface area (Å²) in [6.45, 7) is 8.09. The maximum Gasteiger partial charge on any atom is 0.209 e. The van der Waals surface area contributed by atoms with Crippen LogP contribution < -0.4 is 0 Å². The van der Waals surface area contributed by atoms with Crippen molar-refractivity contribution in [2.75, 3.05) is 6.61 Å². The fourth-order valence-electron chi connectivity index (χ4n) is 2.12. The minimum Gasteiger partial charge on any atom is -0.347 e. The van der Waals surface area contributed by atoms with Gasteiger partial charge in [-0.3, -0.25) is 4.79 Å². The number of epoxide rings is 1. The molecule has 1 fully saturated rings. The molecule has 2 rings (SSSR count). The molecule has 0 saturated carbocycles. The van der Waals surface area contributed by atoms with E-state index in [-0.39, 0.29) is 11.7 Å². The van der Waals surface area contributed by atoms with Gasteiger partial charge in [-0.25, -0.2) is 0 Å². The van der Waals surface area contributed by atoms with Gasteiger partial charge in [0.1, 0.15) is 0 Å². The number of rotatable bonds is 6. The highest BCUT2D eigenvalue weighted by Crippen LogP contribution is 2.46. The van der Waals surface area contributed by atoms with Gasteiger partial charge in [-0.05, 0) is 6.92 Å². The third-order valence-electron chi connectivity index (χ3n) is 3.26. The van der Waals surface area contributed by atoms with Crippen molar-refractivity contribution in [1.29, 1.82) is 0 Å². The molecule has 3 unspecified atom stereocenters. The summed E-state index contributed by atoms with van der Waals surface area (Å²) in [4.78, 5) is 12.3. The first-order chi connectivity index (χ1) is 8.65. The Balaban J connectivity index is 2.17. The van der Waals surface area contributed by atoms with Crippen LogP contribution in [-0.4, -0.2) is 24.3 Å². The summed E-state index contributed by atoms with van der Waals surface area (Å²) in [5, 5.41) is 0. The fraction of sp³-hybridized carbons (Fsp3) is 0.400. The van der Waals surface area contributed by atoms with Crippen LogP contribution in [0.5, 0.6) is 0 Å². The molecule has 3 atom stereocenters. The Morgan fingerprint density at radius 2 is 2.22 bits per heavy atom.